The van der Waals surface area contributed by atoms with Crippen LogP contribution in [0.2, 0.25) is 5.02 Å². The Hall–Kier alpha value is -2.00. The second kappa shape index (κ2) is 5.55. The van der Waals surface area contributed by atoms with Crippen LogP contribution in [-0.4, -0.2) is 19.0 Å². The summed E-state index contributed by atoms with van der Waals surface area (Å²) in [5.41, 5.74) is 1.03. The molecule has 1 heterocycles. The van der Waals surface area contributed by atoms with Gasteiger partial charge in [-0.15, -0.1) is 0 Å². The molecule has 0 radical (unpaired) electrons. The Bertz CT molecular complexity index is 638. The minimum atomic E-state index is -0.119. The molecule has 0 aromatic heterocycles. The lowest BCUT2D eigenvalue weighted by Crippen LogP contribution is -2.03. The summed E-state index contributed by atoms with van der Waals surface area (Å²) in [6.07, 6.45) is 0.814. The Morgan fingerprint density at radius 2 is 1.65 bits per heavy atom. The van der Waals surface area contributed by atoms with Crippen molar-refractivity contribution in [2.75, 3.05) is 13.2 Å². The molecule has 0 N–H and O–H groups in total. The third kappa shape index (κ3) is 2.49. The van der Waals surface area contributed by atoms with E-state index >= 15 is 0 Å². The highest BCUT2D eigenvalue weighted by Crippen LogP contribution is 2.35. The molecule has 0 saturated heterocycles. The molecule has 0 saturated carbocycles. The molecule has 3 rings (SSSR count). The monoisotopic (exact) mass is 288 g/mol. The van der Waals surface area contributed by atoms with E-state index in [1.165, 1.54) is 0 Å². The van der Waals surface area contributed by atoms with E-state index in [-0.39, 0.29) is 5.78 Å². The first kappa shape index (κ1) is 13.0. The van der Waals surface area contributed by atoms with Crippen molar-refractivity contribution in [3.05, 3.63) is 58.6 Å². The second-order valence-corrected chi connectivity index (χ2v) is 4.93. The van der Waals surface area contributed by atoms with E-state index in [2.05, 4.69) is 0 Å². The maximum Gasteiger partial charge on any atom is 0.194 e. The van der Waals surface area contributed by atoms with Crippen LogP contribution in [0.5, 0.6) is 11.5 Å². The Kier molecular flexibility index (Phi) is 3.61. The SMILES string of the molecule is O=C(c1ccccc1)c1cc2c(cc1Cl)OCCCO2. The van der Waals surface area contributed by atoms with Crippen LogP contribution < -0.4 is 9.47 Å². The fourth-order valence-electron chi connectivity index (χ4n) is 2.10. The molecule has 0 atom stereocenters. The molecule has 0 aliphatic carbocycles. The summed E-state index contributed by atoms with van der Waals surface area (Å²) in [5, 5.41) is 0.378. The summed E-state index contributed by atoms with van der Waals surface area (Å²) >= 11 is 6.20. The first-order valence-corrected chi connectivity index (χ1v) is 6.82. The van der Waals surface area contributed by atoms with Crippen LogP contribution in [0.15, 0.2) is 42.5 Å². The molecule has 102 valence electrons. The Labute approximate surface area is 122 Å². The molecular weight excluding hydrogens is 276 g/mol. The van der Waals surface area contributed by atoms with Crippen LogP contribution in [0.3, 0.4) is 0 Å². The van der Waals surface area contributed by atoms with E-state index in [0.29, 0.717) is 40.9 Å². The number of halogens is 1. The number of hydrogen-bond donors (Lipinski definition) is 0. The lowest BCUT2D eigenvalue weighted by atomic mass is 10.0. The van der Waals surface area contributed by atoms with Crippen LogP contribution in [-0.2, 0) is 0 Å². The summed E-state index contributed by atoms with van der Waals surface area (Å²) in [7, 11) is 0. The molecule has 1 aliphatic rings. The van der Waals surface area contributed by atoms with E-state index in [4.69, 9.17) is 21.1 Å². The van der Waals surface area contributed by atoms with Crippen LogP contribution in [0.1, 0.15) is 22.3 Å². The van der Waals surface area contributed by atoms with Crippen LogP contribution in [0.25, 0.3) is 0 Å². The quantitative estimate of drug-likeness (QED) is 0.790. The summed E-state index contributed by atoms with van der Waals surface area (Å²) in [4.78, 5) is 12.5. The summed E-state index contributed by atoms with van der Waals surface area (Å²) < 4.78 is 11.1. The molecule has 1 aliphatic heterocycles. The third-order valence-corrected chi connectivity index (χ3v) is 3.43. The number of hydrogen-bond acceptors (Lipinski definition) is 3. The molecule has 4 heteroatoms. The molecule has 0 unspecified atom stereocenters. The zero-order valence-electron chi connectivity index (χ0n) is 10.8. The third-order valence-electron chi connectivity index (χ3n) is 3.12. The number of carbonyl (C=O) groups excluding carboxylic acids is 1. The number of ether oxygens (including phenoxy) is 2. The van der Waals surface area contributed by atoms with Gasteiger partial charge >= 0.3 is 0 Å². The maximum atomic E-state index is 12.5. The number of ketones is 1. The number of carbonyl (C=O) groups is 1. The number of fused-ring (bicyclic) bond motifs is 1. The number of rotatable bonds is 2. The number of benzene rings is 2. The predicted octanol–water partition coefficient (Wildman–Crippen LogP) is 3.73. The Balaban J connectivity index is 2.02. The van der Waals surface area contributed by atoms with Crippen LogP contribution >= 0.6 is 11.6 Å². The van der Waals surface area contributed by atoms with Crippen molar-refractivity contribution in [2.45, 2.75) is 6.42 Å². The van der Waals surface area contributed by atoms with Crippen molar-refractivity contribution in [3.63, 3.8) is 0 Å². The summed E-state index contributed by atoms with van der Waals surface area (Å²) in [5.74, 6) is 1.05. The van der Waals surface area contributed by atoms with Crippen LogP contribution in [0, 0.1) is 0 Å². The zero-order valence-corrected chi connectivity index (χ0v) is 11.5. The van der Waals surface area contributed by atoms with E-state index in [1.54, 1.807) is 24.3 Å². The molecule has 0 bridgehead atoms. The van der Waals surface area contributed by atoms with Gasteiger partial charge in [-0.05, 0) is 6.07 Å². The average Bonchev–Trinajstić information content (AvgIpc) is 2.71. The molecule has 0 spiro atoms. The van der Waals surface area contributed by atoms with E-state index in [0.717, 1.165) is 6.42 Å². The standard InChI is InChI=1S/C16H13ClO3/c17-13-10-15-14(19-7-4-8-20-15)9-12(13)16(18)11-5-2-1-3-6-11/h1-3,5-6,9-10H,4,7-8H2. The van der Waals surface area contributed by atoms with Crippen molar-refractivity contribution in [1.29, 1.82) is 0 Å². The molecular formula is C16H13ClO3. The van der Waals surface area contributed by atoms with Gasteiger partial charge in [-0.1, -0.05) is 41.9 Å². The highest BCUT2D eigenvalue weighted by atomic mass is 35.5. The van der Waals surface area contributed by atoms with Crippen molar-refractivity contribution in [1.82, 2.24) is 0 Å². The molecule has 0 fully saturated rings. The first-order chi connectivity index (χ1) is 9.75. The fraction of sp³-hybridized carbons (Fsp3) is 0.188. The van der Waals surface area contributed by atoms with E-state index in [1.807, 2.05) is 18.2 Å². The van der Waals surface area contributed by atoms with Crippen LogP contribution in [0.4, 0.5) is 0 Å². The maximum absolute atomic E-state index is 12.5. The predicted molar refractivity (Wildman–Crippen MR) is 76.9 cm³/mol. The molecule has 3 nitrogen and oxygen atoms in total. The van der Waals surface area contributed by atoms with Crippen molar-refractivity contribution in [2.24, 2.45) is 0 Å². The topological polar surface area (TPSA) is 35.5 Å². The van der Waals surface area contributed by atoms with Gasteiger partial charge in [-0.3, -0.25) is 4.79 Å². The Morgan fingerprint density at radius 1 is 1.00 bits per heavy atom. The van der Waals surface area contributed by atoms with Crippen molar-refractivity contribution < 1.29 is 14.3 Å². The van der Waals surface area contributed by atoms with Crippen molar-refractivity contribution >= 4 is 17.4 Å². The molecule has 0 amide bonds. The highest BCUT2D eigenvalue weighted by Gasteiger charge is 2.19. The largest absolute Gasteiger partial charge is 0.490 e. The van der Waals surface area contributed by atoms with Crippen molar-refractivity contribution in [3.8, 4) is 11.5 Å². The molecule has 2 aromatic rings. The van der Waals surface area contributed by atoms with Gasteiger partial charge in [0.2, 0.25) is 0 Å². The van der Waals surface area contributed by atoms with Gasteiger partial charge in [0.25, 0.3) is 0 Å². The van der Waals surface area contributed by atoms with E-state index < -0.39 is 0 Å². The zero-order chi connectivity index (χ0) is 13.9. The van der Waals surface area contributed by atoms with Gasteiger partial charge in [0, 0.05) is 23.6 Å². The lowest BCUT2D eigenvalue weighted by Gasteiger charge is -2.11. The van der Waals surface area contributed by atoms with Gasteiger partial charge in [0.1, 0.15) is 0 Å². The van der Waals surface area contributed by atoms with E-state index in [9.17, 15) is 4.79 Å². The van der Waals surface area contributed by atoms with Gasteiger partial charge in [-0.25, -0.2) is 0 Å². The minimum absolute atomic E-state index is 0.119. The normalized spacial score (nSPS) is 13.7. The Morgan fingerprint density at radius 3 is 2.35 bits per heavy atom. The molecule has 2 aromatic carbocycles. The highest BCUT2D eigenvalue weighted by molar-refractivity contribution is 6.35. The van der Waals surface area contributed by atoms with Gasteiger partial charge in [-0.2, -0.15) is 0 Å². The summed E-state index contributed by atoms with van der Waals surface area (Å²) in [6.45, 7) is 1.17. The van der Waals surface area contributed by atoms with Gasteiger partial charge < -0.3 is 9.47 Å². The lowest BCUT2D eigenvalue weighted by molar-refractivity contribution is 0.103. The smallest absolute Gasteiger partial charge is 0.194 e. The second-order valence-electron chi connectivity index (χ2n) is 4.52. The molecule has 20 heavy (non-hydrogen) atoms. The first-order valence-electron chi connectivity index (χ1n) is 6.44. The average molecular weight is 289 g/mol. The summed E-state index contributed by atoms with van der Waals surface area (Å²) in [6, 6.07) is 12.4. The minimum Gasteiger partial charge on any atom is -0.490 e. The van der Waals surface area contributed by atoms with Gasteiger partial charge in [0.15, 0.2) is 17.3 Å². The van der Waals surface area contributed by atoms with Gasteiger partial charge in [0.05, 0.1) is 18.2 Å². The fourth-order valence-corrected chi connectivity index (χ4v) is 2.34.